The van der Waals surface area contributed by atoms with Crippen molar-refractivity contribution in [1.29, 1.82) is 0 Å². The van der Waals surface area contributed by atoms with E-state index in [1.54, 1.807) is 12.1 Å². The van der Waals surface area contributed by atoms with Gasteiger partial charge in [-0.1, -0.05) is 30.3 Å². The van der Waals surface area contributed by atoms with Gasteiger partial charge in [0.1, 0.15) is 5.82 Å². The Morgan fingerprint density at radius 2 is 1.62 bits per heavy atom. The third kappa shape index (κ3) is 4.15. The number of halogens is 1. The molecule has 4 aromatic rings. The lowest BCUT2D eigenvalue weighted by atomic mass is 9.98. The Kier molecular flexibility index (Phi) is 5.47. The highest BCUT2D eigenvalue weighted by molar-refractivity contribution is 5.96. The Balaban J connectivity index is 0.000000199. The molecule has 0 radical (unpaired) electrons. The predicted molar refractivity (Wildman–Crippen MR) is 120 cm³/mol. The molecular weight excluding hydrogens is 409 g/mol. The third-order valence-corrected chi connectivity index (χ3v) is 5.54. The maximum absolute atomic E-state index is 12.9. The summed E-state index contributed by atoms with van der Waals surface area (Å²) in [5.41, 5.74) is 4.03. The van der Waals surface area contributed by atoms with Gasteiger partial charge in [-0.15, -0.1) is 0 Å². The largest absolute Gasteiger partial charge is 0.454 e. The van der Waals surface area contributed by atoms with E-state index in [0.29, 0.717) is 25.4 Å². The summed E-state index contributed by atoms with van der Waals surface area (Å²) < 4.78 is 23.1. The van der Waals surface area contributed by atoms with Crippen LogP contribution in [0.4, 0.5) is 10.1 Å². The summed E-state index contributed by atoms with van der Waals surface area (Å²) in [5.74, 6) is 1.27. The van der Waals surface area contributed by atoms with Gasteiger partial charge >= 0.3 is 0 Å². The number of hydrogen-bond donors (Lipinski definition) is 3. The highest BCUT2D eigenvalue weighted by Crippen LogP contribution is 2.30. The molecule has 0 spiro atoms. The van der Waals surface area contributed by atoms with Crippen LogP contribution in [-0.2, 0) is 17.8 Å². The summed E-state index contributed by atoms with van der Waals surface area (Å²) in [4.78, 5) is 15.8. The van der Waals surface area contributed by atoms with Gasteiger partial charge in [-0.3, -0.25) is 10.1 Å². The van der Waals surface area contributed by atoms with E-state index in [2.05, 4.69) is 21.7 Å². The average Bonchev–Trinajstić information content (AvgIpc) is 3.45. The van der Waals surface area contributed by atoms with Crippen LogP contribution >= 0.6 is 0 Å². The third-order valence-electron chi connectivity index (χ3n) is 5.54. The van der Waals surface area contributed by atoms with E-state index in [1.807, 2.05) is 42.5 Å². The molecule has 3 N–H and O–H groups in total. The number of benzene rings is 3. The molecular formula is C25H22FN3O3. The number of carbonyl (C=O) groups is 1. The Bertz CT molecular complexity index is 1230. The highest BCUT2D eigenvalue weighted by atomic mass is 19.1. The zero-order valence-electron chi connectivity index (χ0n) is 17.2. The van der Waals surface area contributed by atoms with Crippen molar-refractivity contribution in [2.75, 3.05) is 12.1 Å². The van der Waals surface area contributed by atoms with Crippen molar-refractivity contribution in [2.45, 2.75) is 19.0 Å². The number of aromatic nitrogens is 1. The lowest BCUT2D eigenvalue weighted by Gasteiger charge is -2.23. The van der Waals surface area contributed by atoms with Gasteiger partial charge < -0.3 is 19.8 Å². The molecule has 0 saturated carbocycles. The Hall–Kier alpha value is -3.84. The van der Waals surface area contributed by atoms with E-state index >= 15 is 0 Å². The number of aromatic amines is 1. The zero-order valence-corrected chi connectivity index (χ0v) is 17.2. The molecule has 2 aliphatic heterocycles. The molecule has 1 atom stereocenters. The van der Waals surface area contributed by atoms with Crippen LogP contribution in [0.25, 0.3) is 10.9 Å². The number of anilines is 1. The lowest BCUT2D eigenvalue weighted by molar-refractivity contribution is -0.118. The van der Waals surface area contributed by atoms with Crippen LogP contribution in [-0.4, -0.2) is 23.7 Å². The van der Waals surface area contributed by atoms with Crippen molar-refractivity contribution in [3.8, 4) is 11.5 Å². The van der Waals surface area contributed by atoms with Crippen LogP contribution in [0.3, 0.4) is 0 Å². The molecule has 3 heterocycles. The topological polar surface area (TPSA) is 75.4 Å². The van der Waals surface area contributed by atoms with Crippen molar-refractivity contribution >= 4 is 22.5 Å². The molecule has 0 saturated heterocycles. The summed E-state index contributed by atoms with van der Waals surface area (Å²) in [5, 5.41) is 7.25. The minimum absolute atomic E-state index is 0.104. The summed E-state index contributed by atoms with van der Waals surface area (Å²) >= 11 is 0. The number of rotatable bonds is 2. The first-order valence-corrected chi connectivity index (χ1v) is 10.4. The maximum Gasteiger partial charge on any atom is 0.241 e. The zero-order chi connectivity index (χ0) is 21.9. The second-order valence-electron chi connectivity index (χ2n) is 7.61. The van der Waals surface area contributed by atoms with Crippen LogP contribution in [0.1, 0.15) is 11.3 Å². The van der Waals surface area contributed by atoms with Crippen LogP contribution in [0, 0.1) is 5.82 Å². The molecule has 3 aromatic carbocycles. The van der Waals surface area contributed by atoms with Gasteiger partial charge in [0.25, 0.3) is 0 Å². The first-order chi connectivity index (χ1) is 15.7. The molecule has 162 valence electrons. The molecule has 0 bridgehead atoms. The lowest BCUT2D eigenvalue weighted by Crippen LogP contribution is -2.44. The Morgan fingerprint density at radius 3 is 2.38 bits per heavy atom. The van der Waals surface area contributed by atoms with Gasteiger partial charge in [0.15, 0.2) is 11.5 Å². The van der Waals surface area contributed by atoms with Gasteiger partial charge in [-0.2, -0.15) is 0 Å². The minimum atomic E-state index is -0.317. The van der Waals surface area contributed by atoms with E-state index in [4.69, 9.17) is 9.47 Å². The summed E-state index contributed by atoms with van der Waals surface area (Å²) in [6, 6.07) is 21.2. The molecule has 0 unspecified atom stereocenters. The van der Waals surface area contributed by atoms with Crippen LogP contribution in [0.15, 0.2) is 72.8 Å². The SMILES string of the molecule is O=C(Nc1ccc(F)cc1)[C@@H]1Cc2c([nH]c3ccccc23)CN1.c1ccc2c(c1)OCO2. The molecule has 7 heteroatoms. The first-order valence-electron chi connectivity index (χ1n) is 10.4. The van der Waals surface area contributed by atoms with Crippen molar-refractivity contribution < 1.29 is 18.7 Å². The summed E-state index contributed by atoms with van der Waals surface area (Å²) in [6.45, 7) is 0.991. The molecule has 6 rings (SSSR count). The quantitative estimate of drug-likeness (QED) is 0.441. The monoisotopic (exact) mass is 431 g/mol. The van der Waals surface area contributed by atoms with Gasteiger partial charge in [-0.25, -0.2) is 4.39 Å². The van der Waals surface area contributed by atoms with Crippen LogP contribution in [0.5, 0.6) is 11.5 Å². The predicted octanol–water partition coefficient (Wildman–Crippen LogP) is 4.38. The number of ether oxygens (including phenoxy) is 2. The second-order valence-corrected chi connectivity index (χ2v) is 7.61. The number of hydrogen-bond acceptors (Lipinski definition) is 4. The Labute approximate surface area is 184 Å². The standard InChI is InChI=1S/C18H16FN3O.C7H6O2/c19-11-5-7-12(8-6-11)21-18(23)16-9-14-13-3-1-2-4-15(13)22-17(14)10-20-16;1-2-4-7-6(3-1)8-5-9-7/h1-8,16,20,22H,9-10H2,(H,21,23);1-4H,5H2/t16-;/m0./s1. The molecule has 1 aromatic heterocycles. The minimum Gasteiger partial charge on any atom is -0.454 e. The maximum atomic E-state index is 12.9. The van der Waals surface area contributed by atoms with Crippen LogP contribution in [0.2, 0.25) is 0 Å². The molecule has 6 nitrogen and oxygen atoms in total. The molecule has 32 heavy (non-hydrogen) atoms. The first kappa shape index (κ1) is 20.1. The second kappa shape index (κ2) is 8.72. The van der Waals surface area contributed by atoms with Gasteiger partial charge in [0.2, 0.25) is 12.7 Å². The van der Waals surface area contributed by atoms with Crippen molar-refractivity contribution in [1.82, 2.24) is 10.3 Å². The molecule has 0 aliphatic carbocycles. The fourth-order valence-electron chi connectivity index (χ4n) is 3.93. The number of amides is 1. The Morgan fingerprint density at radius 1 is 0.938 bits per heavy atom. The number of para-hydroxylation sites is 3. The van der Waals surface area contributed by atoms with Crippen LogP contribution < -0.4 is 20.1 Å². The van der Waals surface area contributed by atoms with E-state index in [-0.39, 0.29) is 17.8 Å². The van der Waals surface area contributed by atoms with Crippen molar-refractivity contribution in [2.24, 2.45) is 0 Å². The summed E-state index contributed by atoms with van der Waals surface area (Å²) in [6.07, 6.45) is 0.631. The normalized spacial score (nSPS) is 16.1. The summed E-state index contributed by atoms with van der Waals surface area (Å²) in [7, 11) is 0. The number of H-pyrrole nitrogens is 1. The van der Waals surface area contributed by atoms with E-state index in [9.17, 15) is 9.18 Å². The fraction of sp³-hybridized carbons (Fsp3) is 0.160. The average molecular weight is 431 g/mol. The molecule has 0 fully saturated rings. The van der Waals surface area contributed by atoms with E-state index < -0.39 is 0 Å². The van der Waals surface area contributed by atoms with Gasteiger partial charge in [-0.05, 0) is 54.4 Å². The molecule has 1 amide bonds. The van der Waals surface area contributed by atoms with Gasteiger partial charge in [0, 0.05) is 28.8 Å². The van der Waals surface area contributed by atoms with E-state index in [1.165, 1.54) is 23.1 Å². The van der Waals surface area contributed by atoms with Crippen molar-refractivity contribution in [3.05, 3.63) is 89.9 Å². The number of fused-ring (bicyclic) bond motifs is 4. The van der Waals surface area contributed by atoms with Crippen molar-refractivity contribution in [3.63, 3.8) is 0 Å². The van der Waals surface area contributed by atoms with E-state index in [0.717, 1.165) is 22.7 Å². The highest BCUT2D eigenvalue weighted by Gasteiger charge is 2.26. The number of nitrogens with one attached hydrogen (secondary N) is 3. The number of carbonyl (C=O) groups excluding carboxylic acids is 1. The smallest absolute Gasteiger partial charge is 0.241 e. The molecule has 2 aliphatic rings. The fourth-order valence-corrected chi connectivity index (χ4v) is 3.93. The van der Waals surface area contributed by atoms with Gasteiger partial charge in [0.05, 0.1) is 6.04 Å².